The molecule has 22 heavy (non-hydrogen) atoms. The first-order valence-corrected chi connectivity index (χ1v) is 7.93. The van der Waals surface area contributed by atoms with E-state index in [1.807, 2.05) is 7.05 Å². The Balaban J connectivity index is 0.000000261. The normalized spacial score (nSPS) is 15.5. The van der Waals surface area contributed by atoms with Crippen molar-refractivity contribution in [2.45, 2.75) is 20.3 Å². The van der Waals surface area contributed by atoms with Gasteiger partial charge >= 0.3 is 0 Å². The standard InChI is InChI=1S/C8H9N3O2S.C6H13NO/c1-13-6-4-2-3-5-7(6)8(9)11-14(12)10-5;1-4-5-7(3)6(2)8/h2-4,10H,1H3,(H2,9,11);4-5H2,1-3H3. The molecule has 3 N–H and O–H groups in total. The SMILES string of the molecule is CCCN(C)C(C)=O.COc1cccc2c1C(N)=NS(=O)N2. The first kappa shape index (κ1) is 18.0. The number of hydrogen-bond donors (Lipinski definition) is 2. The average Bonchev–Trinajstić information content (AvgIpc) is 2.47. The highest BCUT2D eigenvalue weighted by Crippen LogP contribution is 2.28. The van der Waals surface area contributed by atoms with Crippen molar-refractivity contribution in [1.29, 1.82) is 0 Å². The highest BCUT2D eigenvalue weighted by Gasteiger charge is 2.19. The molecule has 0 aliphatic carbocycles. The maximum absolute atomic E-state index is 11.1. The van der Waals surface area contributed by atoms with Crippen molar-refractivity contribution in [2.75, 3.05) is 25.4 Å². The van der Waals surface area contributed by atoms with Gasteiger partial charge in [0.25, 0.3) is 0 Å². The van der Waals surface area contributed by atoms with E-state index in [9.17, 15) is 9.00 Å². The van der Waals surface area contributed by atoms with Gasteiger partial charge in [0.2, 0.25) is 17.1 Å². The van der Waals surface area contributed by atoms with Crippen LogP contribution in [0.5, 0.6) is 5.75 Å². The van der Waals surface area contributed by atoms with Crippen LogP contribution in [0.2, 0.25) is 0 Å². The number of hydrogen-bond acceptors (Lipinski definition) is 4. The lowest BCUT2D eigenvalue weighted by Gasteiger charge is -2.16. The fourth-order valence-corrected chi connectivity index (χ4v) is 2.47. The third-order valence-electron chi connectivity index (χ3n) is 2.98. The molecule has 7 nitrogen and oxygen atoms in total. The molecule has 0 radical (unpaired) electrons. The molecule has 1 unspecified atom stereocenters. The number of carbonyl (C=O) groups is 1. The van der Waals surface area contributed by atoms with Crippen LogP contribution in [0.15, 0.2) is 22.6 Å². The van der Waals surface area contributed by atoms with Crippen molar-refractivity contribution in [3.8, 4) is 5.75 Å². The smallest absolute Gasteiger partial charge is 0.245 e. The van der Waals surface area contributed by atoms with Gasteiger partial charge in [-0.05, 0) is 18.6 Å². The summed E-state index contributed by atoms with van der Waals surface area (Å²) < 4.78 is 22.6. The molecule has 0 saturated carbocycles. The number of nitrogens with one attached hydrogen (secondary N) is 1. The minimum absolute atomic E-state index is 0.145. The van der Waals surface area contributed by atoms with E-state index in [2.05, 4.69) is 16.0 Å². The number of fused-ring (bicyclic) bond motifs is 1. The van der Waals surface area contributed by atoms with E-state index in [0.29, 0.717) is 17.0 Å². The maximum atomic E-state index is 11.1. The number of nitrogens with two attached hydrogens (primary N) is 1. The Morgan fingerprint density at radius 3 is 2.68 bits per heavy atom. The summed E-state index contributed by atoms with van der Waals surface area (Å²) in [5, 5.41) is 0. The van der Waals surface area contributed by atoms with Crippen molar-refractivity contribution >= 4 is 28.6 Å². The minimum atomic E-state index is -1.48. The molecule has 122 valence electrons. The lowest BCUT2D eigenvalue weighted by Crippen LogP contribution is -2.24. The van der Waals surface area contributed by atoms with Gasteiger partial charge in [0.1, 0.15) is 11.6 Å². The van der Waals surface area contributed by atoms with Crippen molar-refractivity contribution in [2.24, 2.45) is 10.1 Å². The van der Waals surface area contributed by atoms with E-state index in [4.69, 9.17) is 10.5 Å². The van der Waals surface area contributed by atoms with Gasteiger partial charge in [0, 0.05) is 20.5 Å². The number of nitrogens with zero attached hydrogens (tertiary/aromatic N) is 2. The molecule has 1 amide bonds. The van der Waals surface area contributed by atoms with Crippen LogP contribution >= 0.6 is 0 Å². The average molecular weight is 326 g/mol. The number of rotatable bonds is 3. The summed E-state index contributed by atoms with van der Waals surface area (Å²) in [6.07, 6.45) is 1.04. The van der Waals surface area contributed by atoms with Crippen molar-refractivity contribution in [3.05, 3.63) is 23.8 Å². The summed E-state index contributed by atoms with van der Waals surface area (Å²) in [7, 11) is 3.36. The Morgan fingerprint density at radius 2 is 2.18 bits per heavy atom. The second-order valence-electron chi connectivity index (χ2n) is 4.65. The second kappa shape index (κ2) is 8.38. The van der Waals surface area contributed by atoms with E-state index in [0.717, 1.165) is 13.0 Å². The molecule has 0 saturated heterocycles. The summed E-state index contributed by atoms with van der Waals surface area (Å²) in [4.78, 5) is 12.2. The molecule has 8 heteroatoms. The molecule has 1 aromatic rings. The molecule has 1 aliphatic heterocycles. The van der Waals surface area contributed by atoms with E-state index in [1.165, 1.54) is 0 Å². The third kappa shape index (κ3) is 4.73. The third-order valence-corrected chi connectivity index (χ3v) is 3.73. The first-order valence-electron chi connectivity index (χ1n) is 6.82. The van der Waals surface area contributed by atoms with Crippen molar-refractivity contribution in [1.82, 2.24) is 4.90 Å². The van der Waals surface area contributed by atoms with Crippen LogP contribution < -0.4 is 15.2 Å². The largest absolute Gasteiger partial charge is 0.496 e. The number of amides is 1. The Morgan fingerprint density at radius 1 is 1.50 bits per heavy atom. The molecule has 1 heterocycles. The topological polar surface area (TPSA) is 97.0 Å². The molecule has 1 aliphatic rings. The molecule has 0 spiro atoms. The number of methoxy groups -OCH3 is 1. The molecule has 0 fully saturated rings. The Bertz CT molecular complexity index is 589. The Hall–Kier alpha value is -2.09. The second-order valence-corrected chi connectivity index (χ2v) is 5.54. The number of amidine groups is 1. The fraction of sp³-hybridized carbons (Fsp3) is 0.429. The van der Waals surface area contributed by atoms with Gasteiger partial charge in [-0.25, -0.2) is 4.21 Å². The Kier molecular flexibility index (Phi) is 6.84. The summed E-state index contributed by atoms with van der Waals surface area (Å²) in [6.45, 7) is 4.50. The van der Waals surface area contributed by atoms with Gasteiger partial charge in [0.05, 0.1) is 18.4 Å². The van der Waals surface area contributed by atoms with Crippen molar-refractivity contribution in [3.63, 3.8) is 0 Å². The molecule has 1 aromatic carbocycles. The molecular formula is C14H22N4O3S. The minimum Gasteiger partial charge on any atom is -0.496 e. The van der Waals surface area contributed by atoms with Crippen molar-refractivity contribution < 1.29 is 13.7 Å². The van der Waals surface area contributed by atoms with Gasteiger partial charge in [0.15, 0.2) is 0 Å². The predicted octanol–water partition coefficient (Wildman–Crippen LogP) is 1.28. The monoisotopic (exact) mass is 326 g/mol. The maximum Gasteiger partial charge on any atom is 0.245 e. The Labute approximate surface area is 133 Å². The zero-order valence-electron chi connectivity index (χ0n) is 13.3. The van der Waals surface area contributed by atoms with Crippen LogP contribution in [-0.4, -0.2) is 41.6 Å². The van der Waals surface area contributed by atoms with Crippen LogP contribution in [0, 0.1) is 0 Å². The quantitative estimate of drug-likeness (QED) is 0.874. The van der Waals surface area contributed by atoms with Gasteiger partial charge in [-0.1, -0.05) is 13.0 Å². The van der Waals surface area contributed by atoms with Crippen LogP contribution in [0.25, 0.3) is 0 Å². The highest BCUT2D eigenvalue weighted by molar-refractivity contribution is 7.85. The molecule has 2 rings (SSSR count). The van der Waals surface area contributed by atoms with Crippen LogP contribution in [-0.2, 0) is 16.0 Å². The zero-order chi connectivity index (χ0) is 16.7. The van der Waals surface area contributed by atoms with Gasteiger partial charge in [-0.15, -0.1) is 0 Å². The highest BCUT2D eigenvalue weighted by atomic mass is 32.2. The molecule has 0 bridgehead atoms. The summed E-state index contributed by atoms with van der Waals surface area (Å²) in [5.74, 6) is 0.995. The lowest BCUT2D eigenvalue weighted by atomic mass is 10.1. The number of carbonyl (C=O) groups excluding carboxylic acids is 1. The predicted molar refractivity (Wildman–Crippen MR) is 89.1 cm³/mol. The van der Waals surface area contributed by atoms with Crippen LogP contribution in [0.4, 0.5) is 5.69 Å². The van der Waals surface area contributed by atoms with E-state index in [-0.39, 0.29) is 11.7 Å². The number of benzene rings is 1. The van der Waals surface area contributed by atoms with Crippen LogP contribution in [0.3, 0.4) is 0 Å². The van der Waals surface area contributed by atoms with Crippen LogP contribution in [0.1, 0.15) is 25.8 Å². The molecule has 0 aromatic heterocycles. The van der Waals surface area contributed by atoms with E-state index in [1.54, 1.807) is 37.1 Å². The van der Waals surface area contributed by atoms with Gasteiger partial charge in [-0.3, -0.25) is 9.52 Å². The first-order chi connectivity index (χ1) is 10.4. The zero-order valence-corrected chi connectivity index (χ0v) is 14.1. The fourth-order valence-electron chi connectivity index (χ4n) is 1.80. The van der Waals surface area contributed by atoms with E-state index >= 15 is 0 Å². The van der Waals surface area contributed by atoms with Gasteiger partial charge in [-0.2, -0.15) is 4.40 Å². The lowest BCUT2D eigenvalue weighted by molar-refractivity contribution is -0.127. The van der Waals surface area contributed by atoms with Gasteiger partial charge < -0.3 is 15.4 Å². The van der Waals surface area contributed by atoms with E-state index < -0.39 is 11.2 Å². The number of ether oxygens (including phenoxy) is 1. The molecule has 1 atom stereocenters. The number of anilines is 1. The molecular weight excluding hydrogens is 304 g/mol. The summed E-state index contributed by atoms with van der Waals surface area (Å²) in [6, 6.07) is 5.34. The summed E-state index contributed by atoms with van der Waals surface area (Å²) in [5.41, 5.74) is 6.99. The summed E-state index contributed by atoms with van der Waals surface area (Å²) >= 11 is -1.48.